The van der Waals surface area contributed by atoms with Crippen LogP contribution < -0.4 is 0 Å². The molecule has 0 N–H and O–H groups in total. The van der Waals surface area contributed by atoms with Crippen LogP contribution in [0.25, 0.3) is 10.6 Å². The molecule has 1 amide bonds. The number of hydrogen-bond donors (Lipinski definition) is 0. The minimum atomic E-state index is -0.115. The summed E-state index contributed by atoms with van der Waals surface area (Å²) in [7, 11) is 1.62. The lowest BCUT2D eigenvalue weighted by Gasteiger charge is -2.20. The topological polar surface area (TPSA) is 55.6 Å². The van der Waals surface area contributed by atoms with Crippen LogP contribution in [-0.2, 0) is 11.3 Å². The van der Waals surface area contributed by atoms with E-state index in [4.69, 9.17) is 9.15 Å². The molecule has 23 heavy (non-hydrogen) atoms. The predicted octanol–water partition coefficient (Wildman–Crippen LogP) is 3.75. The molecule has 0 aromatic carbocycles. The van der Waals surface area contributed by atoms with Crippen LogP contribution in [0.15, 0.2) is 45.0 Å². The number of amides is 1. The first-order valence-corrected chi connectivity index (χ1v) is 8.89. The SMILES string of the molecule is COCCN(Cc1ccco1)C(=O)c1csc(-c2ccsc2)n1. The summed E-state index contributed by atoms with van der Waals surface area (Å²) in [6, 6.07) is 5.67. The van der Waals surface area contributed by atoms with E-state index >= 15 is 0 Å². The van der Waals surface area contributed by atoms with Crippen LogP contribution in [0.2, 0.25) is 0 Å². The Morgan fingerprint density at radius 3 is 3.00 bits per heavy atom. The summed E-state index contributed by atoms with van der Waals surface area (Å²) in [5.74, 6) is 0.624. The lowest BCUT2D eigenvalue weighted by molar-refractivity contribution is 0.0661. The molecule has 3 aromatic heterocycles. The molecule has 0 saturated carbocycles. The van der Waals surface area contributed by atoms with Crippen LogP contribution in [0.5, 0.6) is 0 Å². The second-order valence-electron chi connectivity index (χ2n) is 4.85. The lowest BCUT2D eigenvalue weighted by atomic mass is 10.3. The second-order valence-corrected chi connectivity index (χ2v) is 6.49. The van der Waals surface area contributed by atoms with Crippen LogP contribution in [-0.4, -0.2) is 36.1 Å². The summed E-state index contributed by atoms with van der Waals surface area (Å²) >= 11 is 3.09. The number of methoxy groups -OCH3 is 1. The zero-order chi connectivity index (χ0) is 16.1. The lowest BCUT2D eigenvalue weighted by Crippen LogP contribution is -2.33. The highest BCUT2D eigenvalue weighted by atomic mass is 32.1. The van der Waals surface area contributed by atoms with Gasteiger partial charge in [0.2, 0.25) is 0 Å². The van der Waals surface area contributed by atoms with Crippen LogP contribution in [0, 0.1) is 0 Å². The Hall–Kier alpha value is -1.96. The monoisotopic (exact) mass is 348 g/mol. The van der Waals surface area contributed by atoms with Crippen molar-refractivity contribution >= 4 is 28.6 Å². The number of nitrogens with zero attached hydrogens (tertiary/aromatic N) is 2. The van der Waals surface area contributed by atoms with E-state index in [2.05, 4.69) is 4.98 Å². The Morgan fingerprint density at radius 2 is 2.30 bits per heavy atom. The third-order valence-corrected chi connectivity index (χ3v) is 4.85. The molecule has 0 fully saturated rings. The molecule has 0 aliphatic carbocycles. The van der Waals surface area contributed by atoms with Crippen LogP contribution in [0.1, 0.15) is 16.2 Å². The van der Waals surface area contributed by atoms with Crippen LogP contribution in [0.3, 0.4) is 0 Å². The minimum absolute atomic E-state index is 0.115. The number of hydrogen-bond acceptors (Lipinski definition) is 6. The van der Waals surface area contributed by atoms with Gasteiger partial charge in [0.25, 0.3) is 5.91 Å². The molecular formula is C16H16N2O3S2. The van der Waals surface area contributed by atoms with Gasteiger partial charge in [0.1, 0.15) is 16.5 Å². The Bertz CT molecular complexity index is 735. The quantitative estimate of drug-likeness (QED) is 0.652. The molecule has 0 spiro atoms. The molecule has 0 bridgehead atoms. The van der Waals surface area contributed by atoms with Gasteiger partial charge in [-0.1, -0.05) is 0 Å². The Kier molecular flexibility index (Phi) is 5.22. The van der Waals surface area contributed by atoms with Crippen molar-refractivity contribution in [3.05, 3.63) is 52.1 Å². The van der Waals surface area contributed by atoms with Gasteiger partial charge in [-0.15, -0.1) is 11.3 Å². The number of carbonyl (C=O) groups is 1. The maximum Gasteiger partial charge on any atom is 0.273 e. The molecule has 0 aliphatic rings. The molecule has 7 heteroatoms. The van der Waals surface area contributed by atoms with E-state index in [9.17, 15) is 4.79 Å². The maximum atomic E-state index is 12.7. The summed E-state index contributed by atoms with van der Waals surface area (Å²) < 4.78 is 10.4. The van der Waals surface area contributed by atoms with Gasteiger partial charge in [-0.05, 0) is 23.6 Å². The number of thiazole rings is 1. The number of rotatable bonds is 7. The molecule has 3 rings (SSSR count). The average Bonchev–Trinajstić information content (AvgIpc) is 3.32. The molecule has 0 unspecified atom stereocenters. The van der Waals surface area contributed by atoms with Gasteiger partial charge in [0, 0.05) is 30.0 Å². The van der Waals surface area contributed by atoms with Gasteiger partial charge in [-0.25, -0.2) is 4.98 Å². The predicted molar refractivity (Wildman–Crippen MR) is 90.8 cm³/mol. The number of ether oxygens (including phenoxy) is 1. The molecule has 120 valence electrons. The first-order chi connectivity index (χ1) is 11.3. The van der Waals surface area contributed by atoms with E-state index in [-0.39, 0.29) is 5.91 Å². The van der Waals surface area contributed by atoms with E-state index in [1.54, 1.807) is 35.0 Å². The minimum Gasteiger partial charge on any atom is -0.467 e. The highest BCUT2D eigenvalue weighted by Crippen LogP contribution is 2.26. The fraction of sp³-hybridized carbons (Fsp3) is 0.250. The number of furan rings is 1. The highest BCUT2D eigenvalue weighted by molar-refractivity contribution is 7.14. The van der Waals surface area contributed by atoms with E-state index in [0.717, 1.165) is 16.3 Å². The smallest absolute Gasteiger partial charge is 0.273 e. The molecular weight excluding hydrogens is 332 g/mol. The molecule has 0 saturated heterocycles. The average molecular weight is 348 g/mol. The first kappa shape index (κ1) is 15.9. The normalized spacial score (nSPS) is 10.8. The van der Waals surface area contributed by atoms with Gasteiger partial charge in [-0.2, -0.15) is 11.3 Å². The maximum absolute atomic E-state index is 12.7. The van der Waals surface area contributed by atoms with Crippen molar-refractivity contribution in [2.45, 2.75) is 6.54 Å². The second kappa shape index (κ2) is 7.54. The van der Waals surface area contributed by atoms with Gasteiger partial charge >= 0.3 is 0 Å². The summed E-state index contributed by atoms with van der Waals surface area (Å²) in [5.41, 5.74) is 1.51. The third kappa shape index (κ3) is 3.87. The Balaban J connectivity index is 1.77. The Morgan fingerprint density at radius 1 is 1.39 bits per heavy atom. The van der Waals surface area contributed by atoms with Crippen molar-refractivity contribution < 1.29 is 13.9 Å². The third-order valence-electron chi connectivity index (χ3n) is 3.27. The van der Waals surface area contributed by atoms with Gasteiger partial charge in [0.15, 0.2) is 0 Å². The number of thiophene rings is 1. The molecule has 3 heterocycles. The van der Waals surface area contributed by atoms with Gasteiger partial charge in [-0.3, -0.25) is 4.79 Å². The van der Waals surface area contributed by atoms with Crippen molar-refractivity contribution in [3.8, 4) is 10.6 Å². The van der Waals surface area contributed by atoms with Crippen molar-refractivity contribution in [3.63, 3.8) is 0 Å². The summed E-state index contributed by atoms with van der Waals surface area (Å²) in [6.07, 6.45) is 1.60. The van der Waals surface area contributed by atoms with Crippen LogP contribution >= 0.6 is 22.7 Å². The Labute approximate surface area is 142 Å². The van der Waals surface area contributed by atoms with E-state index in [0.29, 0.717) is 25.4 Å². The van der Waals surface area contributed by atoms with Crippen molar-refractivity contribution in [2.75, 3.05) is 20.3 Å². The first-order valence-electron chi connectivity index (χ1n) is 7.06. The fourth-order valence-corrected chi connectivity index (χ4v) is 3.60. The standard InChI is InChI=1S/C16H16N2O3S2/c1-20-7-5-18(9-13-3-2-6-21-13)16(19)14-11-23-15(17-14)12-4-8-22-10-12/h2-4,6,8,10-11H,5,7,9H2,1H3. The highest BCUT2D eigenvalue weighted by Gasteiger charge is 2.20. The zero-order valence-corrected chi connectivity index (χ0v) is 14.2. The molecule has 0 atom stereocenters. The van der Waals surface area contributed by atoms with Crippen molar-refractivity contribution in [1.29, 1.82) is 0 Å². The molecule has 0 radical (unpaired) electrons. The molecule has 3 aromatic rings. The van der Waals surface area contributed by atoms with Crippen molar-refractivity contribution in [1.82, 2.24) is 9.88 Å². The largest absolute Gasteiger partial charge is 0.467 e. The van der Waals surface area contributed by atoms with E-state index in [1.807, 2.05) is 29.0 Å². The summed E-state index contributed by atoms with van der Waals surface area (Å²) in [6.45, 7) is 1.36. The zero-order valence-electron chi connectivity index (χ0n) is 12.6. The van der Waals surface area contributed by atoms with Crippen LogP contribution in [0.4, 0.5) is 0 Å². The van der Waals surface area contributed by atoms with Crippen molar-refractivity contribution in [2.24, 2.45) is 0 Å². The molecule has 0 aliphatic heterocycles. The van der Waals surface area contributed by atoms with E-state index in [1.165, 1.54) is 11.3 Å². The van der Waals surface area contributed by atoms with Gasteiger partial charge < -0.3 is 14.1 Å². The summed E-state index contributed by atoms with van der Waals surface area (Å²) in [4.78, 5) is 18.9. The number of aromatic nitrogens is 1. The van der Waals surface area contributed by atoms with Gasteiger partial charge in [0.05, 0.1) is 19.4 Å². The fourth-order valence-electron chi connectivity index (χ4n) is 2.10. The van der Waals surface area contributed by atoms with E-state index < -0.39 is 0 Å². The number of carbonyl (C=O) groups excluding carboxylic acids is 1. The summed E-state index contributed by atoms with van der Waals surface area (Å²) in [5, 5.41) is 6.69. The molecule has 5 nitrogen and oxygen atoms in total.